The third kappa shape index (κ3) is 2.64. The molecule has 2 aromatic rings. The molecule has 0 atom stereocenters. The van der Waals surface area contributed by atoms with Crippen LogP contribution >= 0.6 is 11.6 Å². The fourth-order valence-corrected chi connectivity index (χ4v) is 1.93. The number of nitrogen functional groups attached to an aromatic ring is 1. The number of anilines is 2. The highest BCUT2D eigenvalue weighted by Crippen LogP contribution is 2.29. The first-order valence-corrected chi connectivity index (χ1v) is 6.12. The average Bonchev–Trinajstić information content (AvgIpc) is 2.60. The van der Waals surface area contributed by atoms with Crippen molar-refractivity contribution in [3.63, 3.8) is 0 Å². The zero-order chi connectivity index (χ0) is 12.4. The summed E-state index contributed by atoms with van der Waals surface area (Å²) in [5, 5.41) is 11.7. The normalized spacial score (nSPS) is 11.3. The minimum absolute atomic E-state index is 0.527. The van der Waals surface area contributed by atoms with Gasteiger partial charge < -0.3 is 11.1 Å². The first-order chi connectivity index (χ1) is 8.08. The van der Waals surface area contributed by atoms with E-state index in [1.165, 1.54) is 0 Å². The Morgan fingerprint density at radius 2 is 2.24 bits per heavy atom. The molecule has 0 bridgehead atoms. The smallest absolute Gasteiger partial charge is 0.132 e. The van der Waals surface area contributed by atoms with Gasteiger partial charge in [0.1, 0.15) is 10.7 Å². The van der Waals surface area contributed by atoms with Crippen LogP contribution < -0.4 is 11.1 Å². The van der Waals surface area contributed by atoms with E-state index in [9.17, 15) is 0 Å². The van der Waals surface area contributed by atoms with Gasteiger partial charge in [0.15, 0.2) is 0 Å². The number of nitrogens with one attached hydrogen (secondary N) is 2. The molecule has 0 radical (unpaired) electrons. The number of fused-ring (bicyclic) bond motifs is 1. The molecule has 4 N–H and O–H groups in total. The van der Waals surface area contributed by atoms with E-state index in [1.54, 1.807) is 0 Å². The van der Waals surface area contributed by atoms with Gasteiger partial charge in [-0.3, -0.25) is 5.10 Å². The molecule has 92 valence electrons. The lowest BCUT2D eigenvalue weighted by molar-refractivity contribution is 0.607. The Morgan fingerprint density at radius 1 is 1.47 bits per heavy atom. The molecule has 0 saturated heterocycles. The Labute approximate surface area is 106 Å². The van der Waals surface area contributed by atoms with Crippen molar-refractivity contribution in [2.24, 2.45) is 5.92 Å². The van der Waals surface area contributed by atoms with Crippen LogP contribution in [0.25, 0.3) is 10.9 Å². The summed E-state index contributed by atoms with van der Waals surface area (Å²) in [7, 11) is 0. The van der Waals surface area contributed by atoms with Crippen molar-refractivity contribution in [2.75, 3.05) is 17.6 Å². The number of halogens is 1. The second-order valence-corrected chi connectivity index (χ2v) is 4.99. The minimum atomic E-state index is 0.527. The topological polar surface area (TPSA) is 66.7 Å². The van der Waals surface area contributed by atoms with Crippen LogP contribution in [0.4, 0.5) is 11.4 Å². The summed E-state index contributed by atoms with van der Waals surface area (Å²) < 4.78 is 0. The van der Waals surface area contributed by atoms with Gasteiger partial charge in [-0.15, -0.1) is 0 Å². The van der Waals surface area contributed by atoms with E-state index >= 15 is 0 Å². The van der Waals surface area contributed by atoms with Gasteiger partial charge in [-0.05, 0) is 24.5 Å². The van der Waals surface area contributed by atoms with Crippen molar-refractivity contribution in [3.8, 4) is 0 Å². The molecule has 2 rings (SSSR count). The molecule has 0 spiro atoms. The van der Waals surface area contributed by atoms with Crippen LogP contribution in [-0.2, 0) is 0 Å². The Bertz CT molecular complexity index is 518. The van der Waals surface area contributed by atoms with Gasteiger partial charge >= 0.3 is 0 Å². The highest BCUT2D eigenvalue weighted by atomic mass is 35.5. The van der Waals surface area contributed by atoms with Crippen molar-refractivity contribution in [3.05, 3.63) is 17.3 Å². The standard InChI is InChI=1S/C12H17ClN4/c1-7(2)3-4-15-10-6-8(14)5-9-11(10)16-17-12(9)13/h5-7,15H,3-4,14H2,1-2H3,(H,16,17). The summed E-state index contributed by atoms with van der Waals surface area (Å²) in [4.78, 5) is 0. The SMILES string of the molecule is CC(C)CCNc1cc(N)cc2c(Cl)[nH]nc12. The minimum Gasteiger partial charge on any atom is -0.399 e. The van der Waals surface area contributed by atoms with Crippen LogP contribution in [0.3, 0.4) is 0 Å². The van der Waals surface area contributed by atoms with Crippen molar-refractivity contribution in [1.82, 2.24) is 10.2 Å². The number of hydrogen-bond acceptors (Lipinski definition) is 3. The molecule has 0 aliphatic heterocycles. The number of nitrogens with zero attached hydrogens (tertiary/aromatic N) is 1. The van der Waals surface area contributed by atoms with Crippen LogP contribution in [0, 0.1) is 5.92 Å². The maximum absolute atomic E-state index is 6.00. The lowest BCUT2D eigenvalue weighted by atomic mass is 10.1. The van der Waals surface area contributed by atoms with E-state index in [-0.39, 0.29) is 0 Å². The van der Waals surface area contributed by atoms with Crippen LogP contribution in [0.1, 0.15) is 20.3 Å². The third-order valence-electron chi connectivity index (χ3n) is 2.67. The molecule has 17 heavy (non-hydrogen) atoms. The fraction of sp³-hybridized carbons (Fsp3) is 0.417. The van der Waals surface area contributed by atoms with E-state index in [4.69, 9.17) is 17.3 Å². The fourth-order valence-electron chi connectivity index (χ4n) is 1.74. The first-order valence-electron chi connectivity index (χ1n) is 5.75. The van der Waals surface area contributed by atoms with Crippen LogP contribution in [0.2, 0.25) is 5.15 Å². The van der Waals surface area contributed by atoms with Crippen LogP contribution in [0.5, 0.6) is 0 Å². The lowest BCUT2D eigenvalue weighted by Crippen LogP contribution is -2.05. The summed E-state index contributed by atoms with van der Waals surface area (Å²) >= 11 is 6.00. The molecular weight excluding hydrogens is 236 g/mol. The van der Waals surface area contributed by atoms with Crippen LogP contribution in [-0.4, -0.2) is 16.7 Å². The van der Waals surface area contributed by atoms with Crippen LogP contribution in [0.15, 0.2) is 12.1 Å². The molecule has 4 nitrogen and oxygen atoms in total. The predicted octanol–water partition coefficient (Wildman–Crippen LogP) is 3.26. The summed E-state index contributed by atoms with van der Waals surface area (Å²) in [5.74, 6) is 0.668. The molecule has 1 aromatic carbocycles. The quantitative estimate of drug-likeness (QED) is 0.732. The Morgan fingerprint density at radius 3 is 2.94 bits per heavy atom. The van der Waals surface area contributed by atoms with Crippen molar-refractivity contribution >= 4 is 33.9 Å². The number of benzene rings is 1. The van der Waals surface area contributed by atoms with Crippen molar-refractivity contribution in [1.29, 1.82) is 0 Å². The Kier molecular flexibility index (Phi) is 3.43. The largest absolute Gasteiger partial charge is 0.399 e. The Balaban J connectivity index is 2.26. The number of nitrogens with two attached hydrogens (primary N) is 1. The van der Waals surface area contributed by atoms with Gasteiger partial charge in [-0.2, -0.15) is 5.10 Å². The number of rotatable bonds is 4. The van der Waals surface area contributed by atoms with E-state index in [1.807, 2.05) is 12.1 Å². The monoisotopic (exact) mass is 252 g/mol. The number of aromatic amines is 1. The van der Waals surface area contributed by atoms with Gasteiger partial charge in [0.05, 0.1) is 5.69 Å². The number of aromatic nitrogens is 2. The molecule has 1 heterocycles. The van der Waals surface area contributed by atoms with E-state index in [0.717, 1.165) is 29.6 Å². The van der Waals surface area contributed by atoms with E-state index in [2.05, 4.69) is 29.4 Å². The van der Waals surface area contributed by atoms with Gasteiger partial charge in [-0.1, -0.05) is 25.4 Å². The molecule has 0 amide bonds. The highest BCUT2D eigenvalue weighted by molar-refractivity contribution is 6.34. The van der Waals surface area contributed by atoms with E-state index < -0.39 is 0 Å². The zero-order valence-corrected chi connectivity index (χ0v) is 10.8. The molecule has 5 heteroatoms. The second-order valence-electron chi connectivity index (χ2n) is 4.61. The maximum atomic E-state index is 6.00. The van der Waals surface area contributed by atoms with Crippen molar-refractivity contribution in [2.45, 2.75) is 20.3 Å². The van der Waals surface area contributed by atoms with Gasteiger partial charge in [0.2, 0.25) is 0 Å². The second kappa shape index (κ2) is 4.84. The summed E-state index contributed by atoms with van der Waals surface area (Å²) in [6.45, 7) is 5.30. The molecule has 0 fully saturated rings. The maximum Gasteiger partial charge on any atom is 0.132 e. The molecular formula is C12H17ClN4. The van der Waals surface area contributed by atoms with E-state index in [0.29, 0.717) is 16.8 Å². The lowest BCUT2D eigenvalue weighted by Gasteiger charge is -2.09. The summed E-state index contributed by atoms with van der Waals surface area (Å²) in [5.41, 5.74) is 8.31. The van der Waals surface area contributed by atoms with Gasteiger partial charge in [-0.25, -0.2) is 0 Å². The molecule has 0 unspecified atom stereocenters. The van der Waals surface area contributed by atoms with Gasteiger partial charge in [0, 0.05) is 17.6 Å². The molecule has 1 aromatic heterocycles. The van der Waals surface area contributed by atoms with Crippen molar-refractivity contribution < 1.29 is 0 Å². The Hall–Kier alpha value is -1.42. The average molecular weight is 253 g/mol. The number of hydrogen-bond donors (Lipinski definition) is 3. The third-order valence-corrected chi connectivity index (χ3v) is 2.96. The summed E-state index contributed by atoms with van der Waals surface area (Å²) in [6.07, 6.45) is 1.11. The molecule has 0 aliphatic rings. The summed E-state index contributed by atoms with van der Waals surface area (Å²) in [6, 6.07) is 3.72. The molecule has 0 aliphatic carbocycles. The zero-order valence-electron chi connectivity index (χ0n) is 10.0. The first kappa shape index (κ1) is 12.0. The number of H-pyrrole nitrogens is 1. The highest BCUT2D eigenvalue weighted by Gasteiger charge is 2.09. The predicted molar refractivity (Wildman–Crippen MR) is 73.5 cm³/mol. The molecule has 0 saturated carbocycles. The van der Waals surface area contributed by atoms with Gasteiger partial charge in [0.25, 0.3) is 0 Å².